The molecule has 0 bridgehead atoms. The summed E-state index contributed by atoms with van der Waals surface area (Å²) in [7, 11) is 1.54. The van der Waals surface area contributed by atoms with Crippen molar-refractivity contribution in [1.29, 1.82) is 0 Å². The Morgan fingerprint density at radius 3 is 2.39 bits per heavy atom. The van der Waals surface area contributed by atoms with Crippen LogP contribution in [0.4, 0.5) is 11.6 Å². The van der Waals surface area contributed by atoms with Crippen LogP contribution in [-0.4, -0.2) is 35.8 Å². The number of aromatic nitrogens is 2. The zero-order valence-corrected chi connectivity index (χ0v) is 18.0. The molecule has 3 aromatic rings. The standard InChI is InChI=1S/C23H25N5O3/c1-15-5-8-19(9-6-15)27-22(29)14-31-20-10-7-18(12-21(20)30-4)13-24-28-23-25-16(2)11-17(3)26-23/h5-13H,14H2,1-4H3,(H,27,29)(H,25,26,28)/b24-13+. The van der Waals surface area contributed by atoms with Crippen LogP contribution in [0.2, 0.25) is 0 Å². The third-order valence-electron chi connectivity index (χ3n) is 4.24. The summed E-state index contributed by atoms with van der Waals surface area (Å²) in [5.74, 6) is 1.13. The molecule has 160 valence electrons. The van der Waals surface area contributed by atoms with Crippen molar-refractivity contribution in [1.82, 2.24) is 9.97 Å². The summed E-state index contributed by atoms with van der Waals surface area (Å²) in [6.07, 6.45) is 1.62. The van der Waals surface area contributed by atoms with E-state index in [-0.39, 0.29) is 12.5 Å². The molecule has 0 aliphatic carbocycles. The fourth-order valence-corrected chi connectivity index (χ4v) is 2.80. The second-order valence-corrected chi connectivity index (χ2v) is 6.96. The van der Waals surface area contributed by atoms with E-state index in [2.05, 4.69) is 25.8 Å². The van der Waals surface area contributed by atoms with Crippen LogP contribution in [-0.2, 0) is 4.79 Å². The van der Waals surface area contributed by atoms with Gasteiger partial charge in [-0.15, -0.1) is 0 Å². The van der Waals surface area contributed by atoms with E-state index in [4.69, 9.17) is 9.47 Å². The second kappa shape index (κ2) is 10.2. The minimum Gasteiger partial charge on any atom is -0.493 e. The van der Waals surface area contributed by atoms with Crippen LogP contribution in [0.3, 0.4) is 0 Å². The lowest BCUT2D eigenvalue weighted by Gasteiger charge is -2.11. The number of hydrogen-bond acceptors (Lipinski definition) is 7. The highest BCUT2D eigenvalue weighted by Gasteiger charge is 2.09. The molecule has 8 heteroatoms. The number of carbonyl (C=O) groups excluding carboxylic acids is 1. The van der Waals surface area contributed by atoms with Gasteiger partial charge >= 0.3 is 0 Å². The molecule has 0 saturated carbocycles. The van der Waals surface area contributed by atoms with E-state index in [1.807, 2.05) is 57.2 Å². The Kier molecular flexibility index (Phi) is 7.16. The molecule has 0 radical (unpaired) electrons. The SMILES string of the molecule is COc1cc(/C=N/Nc2nc(C)cc(C)n2)ccc1OCC(=O)Nc1ccc(C)cc1. The van der Waals surface area contributed by atoms with Crippen LogP contribution in [0, 0.1) is 20.8 Å². The molecular formula is C23H25N5O3. The molecule has 0 fully saturated rings. The number of methoxy groups -OCH3 is 1. The van der Waals surface area contributed by atoms with Gasteiger partial charge in [0.2, 0.25) is 5.95 Å². The van der Waals surface area contributed by atoms with Crippen LogP contribution in [0.5, 0.6) is 11.5 Å². The Morgan fingerprint density at radius 1 is 1.00 bits per heavy atom. The van der Waals surface area contributed by atoms with Crippen molar-refractivity contribution >= 4 is 23.8 Å². The fraction of sp³-hybridized carbons (Fsp3) is 0.217. The average Bonchev–Trinajstić information content (AvgIpc) is 2.73. The van der Waals surface area contributed by atoms with E-state index in [0.29, 0.717) is 17.4 Å². The van der Waals surface area contributed by atoms with E-state index in [1.54, 1.807) is 18.3 Å². The first-order valence-corrected chi connectivity index (χ1v) is 9.71. The maximum atomic E-state index is 12.1. The van der Waals surface area contributed by atoms with Gasteiger partial charge in [0.15, 0.2) is 18.1 Å². The lowest BCUT2D eigenvalue weighted by atomic mass is 10.2. The molecule has 8 nitrogen and oxygen atoms in total. The molecular weight excluding hydrogens is 394 g/mol. The minimum absolute atomic E-state index is 0.136. The molecule has 3 rings (SSSR count). The first kappa shape index (κ1) is 21.8. The molecule has 1 amide bonds. The summed E-state index contributed by atoms with van der Waals surface area (Å²) >= 11 is 0. The van der Waals surface area contributed by atoms with Crippen LogP contribution < -0.4 is 20.2 Å². The number of ether oxygens (including phenoxy) is 2. The van der Waals surface area contributed by atoms with E-state index in [9.17, 15) is 4.79 Å². The monoisotopic (exact) mass is 419 g/mol. The minimum atomic E-state index is -0.255. The Balaban J connectivity index is 1.58. The van der Waals surface area contributed by atoms with Gasteiger partial charge in [-0.1, -0.05) is 17.7 Å². The molecule has 1 aromatic heterocycles. The molecule has 2 N–H and O–H groups in total. The Labute approximate surface area is 181 Å². The topological polar surface area (TPSA) is 97.7 Å². The highest BCUT2D eigenvalue weighted by Crippen LogP contribution is 2.27. The summed E-state index contributed by atoms with van der Waals surface area (Å²) in [5, 5.41) is 6.96. The van der Waals surface area contributed by atoms with Crippen molar-refractivity contribution in [2.45, 2.75) is 20.8 Å². The summed E-state index contributed by atoms with van der Waals surface area (Å²) in [5.41, 5.74) is 7.16. The van der Waals surface area contributed by atoms with Crippen molar-refractivity contribution in [2.24, 2.45) is 5.10 Å². The number of carbonyl (C=O) groups is 1. The number of benzene rings is 2. The zero-order chi connectivity index (χ0) is 22.2. The molecule has 0 atom stereocenters. The third-order valence-corrected chi connectivity index (χ3v) is 4.24. The quantitative estimate of drug-likeness (QED) is 0.425. The van der Waals surface area contributed by atoms with Crippen LogP contribution >= 0.6 is 0 Å². The number of aryl methyl sites for hydroxylation is 3. The normalized spacial score (nSPS) is 10.7. The number of anilines is 2. The maximum absolute atomic E-state index is 12.1. The maximum Gasteiger partial charge on any atom is 0.262 e. The largest absolute Gasteiger partial charge is 0.493 e. The summed E-state index contributed by atoms with van der Waals surface area (Å²) < 4.78 is 11.0. The fourth-order valence-electron chi connectivity index (χ4n) is 2.80. The molecule has 0 spiro atoms. The van der Waals surface area contributed by atoms with Gasteiger partial charge in [0.05, 0.1) is 13.3 Å². The van der Waals surface area contributed by atoms with Crippen molar-refractivity contribution in [2.75, 3.05) is 24.5 Å². The number of nitrogens with one attached hydrogen (secondary N) is 2. The van der Waals surface area contributed by atoms with E-state index in [1.165, 1.54) is 7.11 Å². The van der Waals surface area contributed by atoms with Crippen LogP contribution in [0.1, 0.15) is 22.5 Å². The van der Waals surface area contributed by atoms with Crippen LogP contribution in [0.25, 0.3) is 0 Å². The predicted octanol–water partition coefficient (Wildman–Crippen LogP) is 3.87. The van der Waals surface area contributed by atoms with Gasteiger partial charge in [-0.05, 0) is 62.7 Å². The molecule has 1 heterocycles. The van der Waals surface area contributed by atoms with Crippen LogP contribution in [0.15, 0.2) is 53.6 Å². The smallest absolute Gasteiger partial charge is 0.262 e. The third kappa shape index (κ3) is 6.53. The summed E-state index contributed by atoms with van der Waals surface area (Å²) in [6, 6.07) is 14.7. The molecule has 0 aliphatic rings. The van der Waals surface area contributed by atoms with Crippen molar-refractivity contribution < 1.29 is 14.3 Å². The van der Waals surface area contributed by atoms with Gasteiger partial charge in [0.1, 0.15) is 0 Å². The molecule has 0 unspecified atom stereocenters. The molecule has 2 aromatic carbocycles. The predicted molar refractivity (Wildman–Crippen MR) is 121 cm³/mol. The number of hydrogen-bond donors (Lipinski definition) is 2. The molecule has 0 saturated heterocycles. The number of rotatable bonds is 8. The number of hydrazone groups is 1. The van der Waals surface area contributed by atoms with Gasteiger partial charge in [-0.2, -0.15) is 5.10 Å². The number of amides is 1. The van der Waals surface area contributed by atoms with Crippen molar-refractivity contribution in [3.63, 3.8) is 0 Å². The molecule has 31 heavy (non-hydrogen) atoms. The summed E-state index contributed by atoms with van der Waals surface area (Å²) in [6.45, 7) is 5.65. The van der Waals surface area contributed by atoms with Gasteiger partial charge in [0, 0.05) is 17.1 Å². The van der Waals surface area contributed by atoms with Gasteiger partial charge in [-0.25, -0.2) is 15.4 Å². The van der Waals surface area contributed by atoms with Gasteiger partial charge in [-0.3, -0.25) is 4.79 Å². The summed E-state index contributed by atoms with van der Waals surface area (Å²) in [4.78, 5) is 20.7. The molecule has 0 aliphatic heterocycles. The Bertz CT molecular complexity index is 1060. The lowest BCUT2D eigenvalue weighted by Crippen LogP contribution is -2.20. The highest BCUT2D eigenvalue weighted by atomic mass is 16.5. The van der Waals surface area contributed by atoms with Crippen molar-refractivity contribution in [3.05, 3.63) is 71.0 Å². The second-order valence-electron chi connectivity index (χ2n) is 6.96. The first-order valence-electron chi connectivity index (χ1n) is 9.71. The van der Waals surface area contributed by atoms with Gasteiger partial charge < -0.3 is 14.8 Å². The zero-order valence-electron chi connectivity index (χ0n) is 18.0. The Hall–Kier alpha value is -3.94. The number of nitrogens with zero attached hydrogens (tertiary/aromatic N) is 3. The van der Waals surface area contributed by atoms with E-state index < -0.39 is 0 Å². The Morgan fingerprint density at radius 2 is 1.71 bits per heavy atom. The average molecular weight is 419 g/mol. The van der Waals surface area contributed by atoms with Gasteiger partial charge in [0.25, 0.3) is 5.91 Å². The van der Waals surface area contributed by atoms with E-state index >= 15 is 0 Å². The first-order chi connectivity index (χ1) is 14.9. The highest BCUT2D eigenvalue weighted by molar-refractivity contribution is 5.92. The van der Waals surface area contributed by atoms with Crippen molar-refractivity contribution in [3.8, 4) is 11.5 Å². The lowest BCUT2D eigenvalue weighted by molar-refractivity contribution is -0.118. The van der Waals surface area contributed by atoms with E-state index in [0.717, 1.165) is 28.2 Å².